The lowest BCUT2D eigenvalue weighted by Gasteiger charge is -2.31. The Kier molecular flexibility index (Phi) is 4.26. The van der Waals surface area contributed by atoms with Crippen LogP contribution in [0.5, 0.6) is 0 Å². The van der Waals surface area contributed by atoms with Crippen molar-refractivity contribution in [1.82, 2.24) is 14.1 Å². The first kappa shape index (κ1) is 15.2. The predicted octanol–water partition coefficient (Wildman–Crippen LogP) is 2.12. The molecule has 22 heavy (non-hydrogen) atoms. The third kappa shape index (κ3) is 3.20. The number of piperidine rings is 1. The van der Waals surface area contributed by atoms with E-state index in [9.17, 15) is 12.8 Å². The summed E-state index contributed by atoms with van der Waals surface area (Å²) in [6.45, 7) is 1.80. The number of hydrogen-bond donors (Lipinski definition) is 0. The molecule has 0 bridgehead atoms. The maximum absolute atomic E-state index is 12.9. The minimum Gasteiger partial charge on any atom is -0.272 e. The third-order valence-electron chi connectivity index (χ3n) is 4.03. The molecule has 1 fully saturated rings. The summed E-state index contributed by atoms with van der Waals surface area (Å²) in [6.07, 6.45) is 5.27. The van der Waals surface area contributed by atoms with Gasteiger partial charge in [0, 0.05) is 32.0 Å². The number of rotatable bonds is 4. The number of benzene rings is 1. The fourth-order valence-corrected chi connectivity index (χ4v) is 4.23. The van der Waals surface area contributed by atoms with Gasteiger partial charge in [-0.25, -0.2) is 12.8 Å². The molecule has 0 atom stereocenters. The van der Waals surface area contributed by atoms with Crippen molar-refractivity contribution in [3.8, 4) is 0 Å². The van der Waals surface area contributed by atoms with Gasteiger partial charge >= 0.3 is 0 Å². The van der Waals surface area contributed by atoms with E-state index < -0.39 is 15.8 Å². The molecule has 1 aromatic heterocycles. The lowest BCUT2D eigenvalue weighted by molar-refractivity contribution is 0.247. The van der Waals surface area contributed by atoms with Crippen molar-refractivity contribution in [2.75, 3.05) is 13.1 Å². The van der Waals surface area contributed by atoms with Crippen LogP contribution in [-0.2, 0) is 16.6 Å². The van der Waals surface area contributed by atoms with Crippen LogP contribution in [0.4, 0.5) is 4.39 Å². The molecule has 7 heteroatoms. The Morgan fingerprint density at radius 3 is 2.45 bits per heavy atom. The number of sulfonamides is 1. The highest BCUT2D eigenvalue weighted by Gasteiger charge is 2.29. The topological polar surface area (TPSA) is 55.2 Å². The second-order valence-electron chi connectivity index (χ2n) is 5.53. The van der Waals surface area contributed by atoms with Crippen LogP contribution in [0, 0.1) is 11.7 Å². The Balaban J connectivity index is 1.64. The van der Waals surface area contributed by atoms with Gasteiger partial charge in [-0.3, -0.25) is 4.68 Å². The molecular weight excluding hydrogens is 305 g/mol. The van der Waals surface area contributed by atoms with Crippen molar-refractivity contribution in [3.63, 3.8) is 0 Å². The average Bonchev–Trinajstić information content (AvgIpc) is 3.01. The van der Waals surface area contributed by atoms with Crippen LogP contribution in [-0.4, -0.2) is 35.6 Å². The molecule has 0 amide bonds. The van der Waals surface area contributed by atoms with Gasteiger partial charge < -0.3 is 0 Å². The second kappa shape index (κ2) is 6.18. The lowest BCUT2D eigenvalue weighted by Crippen LogP contribution is -2.39. The first-order valence-corrected chi connectivity index (χ1v) is 8.73. The summed E-state index contributed by atoms with van der Waals surface area (Å²) >= 11 is 0. The second-order valence-corrected chi connectivity index (χ2v) is 7.47. The quantitative estimate of drug-likeness (QED) is 0.866. The van der Waals surface area contributed by atoms with Crippen molar-refractivity contribution in [1.29, 1.82) is 0 Å². The Labute approximate surface area is 129 Å². The van der Waals surface area contributed by atoms with E-state index >= 15 is 0 Å². The van der Waals surface area contributed by atoms with Gasteiger partial charge in [-0.2, -0.15) is 9.40 Å². The lowest BCUT2D eigenvalue weighted by atomic mass is 9.98. The molecular formula is C15H18FN3O2S. The minimum atomic E-state index is -3.52. The van der Waals surface area contributed by atoms with Gasteiger partial charge in [0.1, 0.15) is 5.82 Å². The monoisotopic (exact) mass is 323 g/mol. The first-order chi connectivity index (χ1) is 10.6. The first-order valence-electron chi connectivity index (χ1n) is 7.29. The van der Waals surface area contributed by atoms with Crippen molar-refractivity contribution in [2.45, 2.75) is 24.3 Å². The van der Waals surface area contributed by atoms with Crippen LogP contribution >= 0.6 is 0 Å². The van der Waals surface area contributed by atoms with Gasteiger partial charge in [0.15, 0.2) is 0 Å². The number of aromatic nitrogens is 2. The maximum Gasteiger partial charge on any atom is 0.243 e. The molecule has 0 N–H and O–H groups in total. The minimum absolute atomic E-state index is 0.152. The van der Waals surface area contributed by atoms with Gasteiger partial charge in [0.2, 0.25) is 10.0 Å². The molecule has 0 unspecified atom stereocenters. The van der Waals surface area contributed by atoms with E-state index in [0.717, 1.165) is 19.4 Å². The molecule has 0 radical (unpaired) electrons. The van der Waals surface area contributed by atoms with E-state index in [1.54, 1.807) is 6.20 Å². The summed E-state index contributed by atoms with van der Waals surface area (Å²) in [5.41, 5.74) is 0. The molecule has 2 aromatic rings. The molecule has 1 aliphatic heterocycles. The van der Waals surface area contributed by atoms with E-state index in [2.05, 4.69) is 5.10 Å². The van der Waals surface area contributed by atoms with Gasteiger partial charge in [-0.1, -0.05) is 0 Å². The molecule has 0 spiro atoms. The largest absolute Gasteiger partial charge is 0.272 e. The fourth-order valence-electron chi connectivity index (χ4n) is 2.76. The van der Waals surface area contributed by atoms with Gasteiger partial charge in [0.25, 0.3) is 0 Å². The van der Waals surface area contributed by atoms with Crippen LogP contribution in [0.15, 0.2) is 47.6 Å². The van der Waals surface area contributed by atoms with Gasteiger partial charge in [-0.15, -0.1) is 0 Å². The summed E-state index contributed by atoms with van der Waals surface area (Å²) in [6, 6.07) is 6.88. The summed E-state index contributed by atoms with van der Waals surface area (Å²) in [5.74, 6) is -0.00329. The molecule has 5 nitrogen and oxygen atoms in total. The number of hydrogen-bond acceptors (Lipinski definition) is 3. The molecule has 1 aromatic carbocycles. The summed E-state index contributed by atoms with van der Waals surface area (Å²) in [5, 5.41) is 4.18. The van der Waals surface area contributed by atoms with E-state index in [1.165, 1.54) is 28.6 Å². The average molecular weight is 323 g/mol. The molecule has 0 aliphatic carbocycles. The van der Waals surface area contributed by atoms with E-state index in [0.29, 0.717) is 19.0 Å². The predicted molar refractivity (Wildman–Crippen MR) is 80.1 cm³/mol. The Hall–Kier alpha value is -1.73. The van der Waals surface area contributed by atoms with Crippen LogP contribution < -0.4 is 0 Å². The zero-order valence-corrected chi connectivity index (χ0v) is 12.9. The Bertz CT molecular complexity index is 706. The summed E-state index contributed by atoms with van der Waals surface area (Å²) in [4.78, 5) is 0.152. The zero-order valence-electron chi connectivity index (χ0n) is 12.1. The SMILES string of the molecule is O=S(=O)(c1ccc(F)cc1)N1CCC(Cn2cccn2)CC1. The van der Waals surface area contributed by atoms with E-state index in [4.69, 9.17) is 0 Å². The molecule has 3 rings (SSSR count). The van der Waals surface area contributed by atoms with Crippen LogP contribution in [0.1, 0.15) is 12.8 Å². The van der Waals surface area contributed by atoms with Crippen LogP contribution in [0.25, 0.3) is 0 Å². The van der Waals surface area contributed by atoms with Crippen molar-refractivity contribution in [2.24, 2.45) is 5.92 Å². The zero-order chi connectivity index (χ0) is 15.6. The standard InChI is InChI=1S/C15H18FN3O2S/c16-14-2-4-15(5-3-14)22(20,21)19-10-6-13(7-11-19)12-18-9-1-8-17-18/h1-5,8-9,13H,6-7,10-12H2. The normalized spacial score (nSPS) is 17.7. The smallest absolute Gasteiger partial charge is 0.243 e. The highest BCUT2D eigenvalue weighted by atomic mass is 32.2. The molecule has 1 aliphatic rings. The van der Waals surface area contributed by atoms with Gasteiger partial charge in [-0.05, 0) is 49.1 Å². The Morgan fingerprint density at radius 2 is 1.86 bits per heavy atom. The molecule has 1 saturated heterocycles. The summed E-state index contributed by atoms with van der Waals surface area (Å²) in [7, 11) is -3.52. The van der Waals surface area contributed by atoms with Crippen LogP contribution in [0.3, 0.4) is 0 Å². The molecule has 0 saturated carbocycles. The van der Waals surface area contributed by atoms with E-state index in [-0.39, 0.29) is 4.90 Å². The molecule has 2 heterocycles. The highest BCUT2D eigenvalue weighted by molar-refractivity contribution is 7.89. The van der Waals surface area contributed by atoms with Gasteiger partial charge in [0.05, 0.1) is 4.90 Å². The number of nitrogens with zero attached hydrogens (tertiary/aromatic N) is 3. The third-order valence-corrected chi connectivity index (χ3v) is 5.94. The molecule has 118 valence electrons. The highest BCUT2D eigenvalue weighted by Crippen LogP contribution is 2.24. The number of halogens is 1. The van der Waals surface area contributed by atoms with Crippen LogP contribution in [0.2, 0.25) is 0 Å². The maximum atomic E-state index is 12.9. The van der Waals surface area contributed by atoms with Crippen molar-refractivity contribution in [3.05, 3.63) is 48.5 Å². The Morgan fingerprint density at radius 1 is 1.18 bits per heavy atom. The van der Waals surface area contributed by atoms with Crippen molar-refractivity contribution >= 4 is 10.0 Å². The van der Waals surface area contributed by atoms with E-state index in [1.807, 2.05) is 16.9 Å². The summed E-state index contributed by atoms with van der Waals surface area (Å²) < 4.78 is 41.3. The fraction of sp³-hybridized carbons (Fsp3) is 0.400. The van der Waals surface area contributed by atoms with Crippen molar-refractivity contribution < 1.29 is 12.8 Å².